The molecule has 2 aromatic rings. The molecule has 0 N–H and O–H groups in total. The lowest BCUT2D eigenvalue weighted by Crippen LogP contribution is -2.23. The van der Waals surface area contributed by atoms with Crippen molar-refractivity contribution in [3.8, 4) is 5.75 Å². The van der Waals surface area contributed by atoms with Gasteiger partial charge in [0.15, 0.2) is 0 Å². The van der Waals surface area contributed by atoms with Crippen molar-refractivity contribution in [2.75, 3.05) is 12.4 Å². The zero-order valence-corrected chi connectivity index (χ0v) is 12.3. The molecule has 0 unspecified atom stereocenters. The maximum atomic E-state index is 6.18. The summed E-state index contributed by atoms with van der Waals surface area (Å²) in [5.74, 6) is 1.67. The molecular weight excluding hydrogens is 264 g/mol. The molecule has 0 saturated heterocycles. The van der Waals surface area contributed by atoms with Gasteiger partial charge in [-0.15, -0.1) is 0 Å². The van der Waals surface area contributed by atoms with Crippen LogP contribution in [0.3, 0.4) is 0 Å². The predicted molar refractivity (Wildman–Crippen MR) is 82.1 cm³/mol. The highest BCUT2D eigenvalue weighted by molar-refractivity contribution is 7.80. The van der Waals surface area contributed by atoms with Crippen LogP contribution in [0.2, 0.25) is 5.02 Å². The first-order valence-electron chi connectivity index (χ1n) is 5.94. The molecule has 0 aliphatic heterocycles. The summed E-state index contributed by atoms with van der Waals surface area (Å²) < 4.78 is 5.92. The zero-order chi connectivity index (χ0) is 13.2. The Morgan fingerprint density at radius 3 is 2.44 bits per heavy atom. The Morgan fingerprint density at radius 2 is 1.78 bits per heavy atom. The normalized spacial score (nSPS) is 11.8. The molecule has 0 atom stereocenters. The van der Waals surface area contributed by atoms with E-state index < -0.39 is 0 Å². The number of thiol groups is 1. The zero-order valence-electron chi connectivity index (χ0n) is 10.6. The maximum absolute atomic E-state index is 6.18. The fourth-order valence-corrected chi connectivity index (χ4v) is 2.00. The first-order chi connectivity index (χ1) is 8.53. The van der Waals surface area contributed by atoms with Crippen molar-refractivity contribution in [2.24, 2.45) is 5.41 Å². The molecule has 0 heterocycles. The number of rotatable bonds is 4. The fourth-order valence-electron chi connectivity index (χ4n) is 1.68. The molecule has 1 nitrogen and oxygen atoms in total. The van der Waals surface area contributed by atoms with Crippen LogP contribution in [0.1, 0.15) is 13.8 Å². The third kappa shape index (κ3) is 2.93. The van der Waals surface area contributed by atoms with Crippen molar-refractivity contribution in [2.45, 2.75) is 13.8 Å². The van der Waals surface area contributed by atoms with E-state index in [-0.39, 0.29) is 5.41 Å². The van der Waals surface area contributed by atoms with E-state index in [1.54, 1.807) is 0 Å². The van der Waals surface area contributed by atoms with Gasteiger partial charge < -0.3 is 4.74 Å². The van der Waals surface area contributed by atoms with E-state index in [9.17, 15) is 0 Å². The second kappa shape index (κ2) is 5.41. The first kappa shape index (κ1) is 13.6. The highest BCUT2D eigenvalue weighted by atomic mass is 35.5. The van der Waals surface area contributed by atoms with Gasteiger partial charge in [0.05, 0.1) is 6.61 Å². The van der Waals surface area contributed by atoms with Crippen molar-refractivity contribution in [3.05, 3.63) is 41.4 Å². The number of benzene rings is 2. The van der Waals surface area contributed by atoms with Crippen molar-refractivity contribution < 1.29 is 4.74 Å². The van der Waals surface area contributed by atoms with Crippen molar-refractivity contribution in [1.82, 2.24) is 0 Å². The van der Waals surface area contributed by atoms with E-state index in [4.69, 9.17) is 16.3 Å². The van der Waals surface area contributed by atoms with Crippen LogP contribution in [0.4, 0.5) is 0 Å². The predicted octanol–water partition coefficient (Wildman–Crippen LogP) is 4.83. The minimum atomic E-state index is 0.0594. The summed E-state index contributed by atoms with van der Waals surface area (Å²) in [7, 11) is 0. The van der Waals surface area contributed by atoms with E-state index in [1.807, 2.05) is 36.4 Å². The minimum Gasteiger partial charge on any atom is -0.492 e. The Kier molecular flexibility index (Phi) is 4.08. The lowest BCUT2D eigenvalue weighted by molar-refractivity contribution is 0.204. The van der Waals surface area contributed by atoms with Gasteiger partial charge in [0.1, 0.15) is 5.75 Å². The Balaban J connectivity index is 2.32. The average molecular weight is 281 g/mol. The molecule has 2 aromatic carbocycles. The fraction of sp³-hybridized carbons (Fsp3) is 0.333. The van der Waals surface area contributed by atoms with E-state index in [0.717, 1.165) is 27.3 Å². The smallest absolute Gasteiger partial charge is 0.127 e. The summed E-state index contributed by atoms with van der Waals surface area (Å²) in [6, 6.07) is 11.8. The Labute approximate surface area is 119 Å². The van der Waals surface area contributed by atoms with Crippen LogP contribution in [0, 0.1) is 5.41 Å². The van der Waals surface area contributed by atoms with Crippen LogP contribution < -0.4 is 4.74 Å². The second-order valence-electron chi connectivity index (χ2n) is 5.20. The Morgan fingerprint density at radius 1 is 1.11 bits per heavy atom. The van der Waals surface area contributed by atoms with Crippen molar-refractivity contribution in [1.29, 1.82) is 0 Å². The van der Waals surface area contributed by atoms with E-state index >= 15 is 0 Å². The Hall–Kier alpha value is -0.860. The van der Waals surface area contributed by atoms with Crippen LogP contribution in [0.25, 0.3) is 10.8 Å². The van der Waals surface area contributed by atoms with Gasteiger partial charge >= 0.3 is 0 Å². The van der Waals surface area contributed by atoms with Crippen LogP contribution in [-0.4, -0.2) is 12.4 Å². The Bertz CT molecular complexity index is 551. The summed E-state index contributed by atoms with van der Waals surface area (Å²) in [4.78, 5) is 0. The van der Waals surface area contributed by atoms with E-state index in [0.29, 0.717) is 6.61 Å². The number of halogens is 1. The second-order valence-corrected chi connectivity index (χ2v) is 5.93. The molecule has 0 spiro atoms. The van der Waals surface area contributed by atoms with E-state index in [1.165, 1.54) is 0 Å². The lowest BCUT2D eigenvalue weighted by Gasteiger charge is -2.22. The molecule has 96 valence electrons. The average Bonchev–Trinajstić information content (AvgIpc) is 2.38. The van der Waals surface area contributed by atoms with E-state index in [2.05, 4.69) is 26.5 Å². The molecule has 0 amide bonds. The molecular formula is C15H17ClOS. The molecule has 0 aliphatic rings. The van der Waals surface area contributed by atoms with Crippen molar-refractivity contribution >= 4 is 35.0 Å². The monoisotopic (exact) mass is 280 g/mol. The third-order valence-electron chi connectivity index (χ3n) is 2.88. The molecule has 3 heteroatoms. The largest absolute Gasteiger partial charge is 0.492 e. The molecule has 0 fully saturated rings. The number of hydrogen-bond donors (Lipinski definition) is 1. The van der Waals surface area contributed by atoms with Gasteiger partial charge in [-0.25, -0.2) is 0 Å². The first-order valence-corrected chi connectivity index (χ1v) is 6.95. The summed E-state index contributed by atoms with van der Waals surface area (Å²) in [6.07, 6.45) is 0. The van der Waals surface area contributed by atoms with Gasteiger partial charge in [-0.2, -0.15) is 12.6 Å². The SMILES string of the molecule is CC(C)(CS)COc1ccc(Cl)c2ccccc12. The van der Waals surface area contributed by atoms with Crippen LogP contribution in [-0.2, 0) is 0 Å². The highest BCUT2D eigenvalue weighted by Crippen LogP contribution is 2.32. The number of ether oxygens (including phenoxy) is 1. The third-order valence-corrected chi connectivity index (χ3v) is 4.06. The molecule has 2 rings (SSSR count). The highest BCUT2D eigenvalue weighted by Gasteiger charge is 2.17. The molecule has 0 radical (unpaired) electrons. The minimum absolute atomic E-state index is 0.0594. The van der Waals surface area contributed by atoms with Gasteiger partial charge in [0.25, 0.3) is 0 Å². The van der Waals surface area contributed by atoms with Gasteiger partial charge in [-0.3, -0.25) is 0 Å². The van der Waals surface area contributed by atoms with Gasteiger partial charge in [0, 0.05) is 21.2 Å². The van der Waals surface area contributed by atoms with Crippen LogP contribution >= 0.6 is 24.2 Å². The maximum Gasteiger partial charge on any atom is 0.127 e. The number of hydrogen-bond acceptors (Lipinski definition) is 2. The molecule has 0 aromatic heterocycles. The van der Waals surface area contributed by atoms with Crippen molar-refractivity contribution in [3.63, 3.8) is 0 Å². The molecule has 0 bridgehead atoms. The molecule has 0 aliphatic carbocycles. The van der Waals surface area contributed by atoms with Gasteiger partial charge in [0.2, 0.25) is 0 Å². The van der Waals surface area contributed by atoms with Crippen LogP contribution in [0.15, 0.2) is 36.4 Å². The molecule has 0 saturated carbocycles. The number of fused-ring (bicyclic) bond motifs is 1. The standard InChI is InChI=1S/C15H17ClOS/c1-15(2,10-18)9-17-14-8-7-13(16)11-5-3-4-6-12(11)14/h3-8,18H,9-10H2,1-2H3. The summed E-state index contributed by atoms with van der Waals surface area (Å²) in [6.45, 7) is 4.92. The van der Waals surface area contributed by atoms with Gasteiger partial charge in [-0.05, 0) is 17.9 Å². The summed E-state index contributed by atoms with van der Waals surface area (Å²) >= 11 is 10.5. The topological polar surface area (TPSA) is 9.23 Å². The summed E-state index contributed by atoms with van der Waals surface area (Å²) in [5.41, 5.74) is 0.0594. The summed E-state index contributed by atoms with van der Waals surface area (Å²) in [5, 5.41) is 2.84. The lowest BCUT2D eigenvalue weighted by atomic mass is 9.98. The van der Waals surface area contributed by atoms with Crippen LogP contribution in [0.5, 0.6) is 5.75 Å². The quantitative estimate of drug-likeness (QED) is 0.790. The van der Waals surface area contributed by atoms with Gasteiger partial charge in [-0.1, -0.05) is 49.7 Å². The molecule has 18 heavy (non-hydrogen) atoms.